The third-order valence-corrected chi connectivity index (χ3v) is 2.73. The second kappa shape index (κ2) is 5.36. The molecule has 0 fully saturated rings. The Bertz CT molecular complexity index is 170. The molecule has 1 atom stereocenters. The van der Waals surface area contributed by atoms with Crippen LogP contribution < -0.4 is 0 Å². The number of alkyl halides is 3. The summed E-state index contributed by atoms with van der Waals surface area (Å²) < 4.78 is 36.4. The quantitative estimate of drug-likeness (QED) is 0.767. The average Bonchev–Trinajstić information content (AvgIpc) is 1.95. The lowest BCUT2D eigenvalue weighted by molar-refractivity contribution is -0.149. The first-order valence-corrected chi connectivity index (χ1v) is 4.83. The van der Waals surface area contributed by atoms with Crippen LogP contribution in [0.5, 0.6) is 0 Å². The fourth-order valence-electron chi connectivity index (χ4n) is 0.688. The highest BCUT2D eigenvalue weighted by Crippen LogP contribution is 2.32. The van der Waals surface area contributed by atoms with Crippen molar-refractivity contribution in [2.75, 3.05) is 5.75 Å². The van der Waals surface area contributed by atoms with Gasteiger partial charge in [-0.1, -0.05) is 6.92 Å². The van der Waals surface area contributed by atoms with Crippen molar-refractivity contribution in [3.05, 3.63) is 0 Å². The van der Waals surface area contributed by atoms with E-state index in [1.165, 1.54) is 0 Å². The molecule has 0 rings (SSSR count). The molecule has 0 aromatic heterocycles. The monoisotopic (exact) mass is 216 g/mol. The van der Waals surface area contributed by atoms with Crippen LogP contribution in [0.4, 0.5) is 13.2 Å². The first kappa shape index (κ1) is 12.6. The van der Waals surface area contributed by atoms with Crippen LogP contribution in [0, 0.1) is 0 Å². The Labute approximate surface area is 78.5 Å². The second-order valence-corrected chi connectivity index (χ2v) is 3.81. The number of carbonyl (C=O) groups is 1. The van der Waals surface area contributed by atoms with E-state index in [2.05, 4.69) is 0 Å². The lowest BCUT2D eigenvalue weighted by Crippen LogP contribution is -2.28. The van der Waals surface area contributed by atoms with Crippen LogP contribution in [-0.4, -0.2) is 28.3 Å². The molecular formula is C7H11F3O2S. The summed E-state index contributed by atoms with van der Waals surface area (Å²) in [6, 6.07) is 0. The maximum absolute atomic E-state index is 12.1. The van der Waals surface area contributed by atoms with Gasteiger partial charge < -0.3 is 5.11 Å². The minimum absolute atomic E-state index is 0.331. The maximum atomic E-state index is 12.1. The molecule has 0 aromatic carbocycles. The van der Waals surface area contributed by atoms with E-state index in [1.807, 2.05) is 0 Å². The van der Waals surface area contributed by atoms with Crippen LogP contribution in [0.2, 0.25) is 0 Å². The molecule has 13 heavy (non-hydrogen) atoms. The van der Waals surface area contributed by atoms with Gasteiger partial charge in [0.1, 0.15) is 5.25 Å². The van der Waals surface area contributed by atoms with Gasteiger partial charge in [0.25, 0.3) is 0 Å². The van der Waals surface area contributed by atoms with Crippen molar-refractivity contribution >= 4 is 17.7 Å². The van der Waals surface area contributed by atoms with E-state index in [-0.39, 0.29) is 0 Å². The Morgan fingerprint density at radius 3 is 2.38 bits per heavy atom. The number of thioether (sulfide) groups is 1. The largest absolute Gasteiger partial charge is 0.481 e. The standard InChI is InChI=1S/C7H11F3O2S/c1-2-3-13-5(4-6(11)12)7(8,9)10/h5H,2-4H2,1H3,(H,11,12). The zero-order valence-electron chi connectivity index (χ0n) is 7.10. The first-order valence-electron chi connectivity index (χ1n) is 3.78. The molecule has 6 heteroatoms. The van der Waals surface area contributed by atoms with Gasteiger partial charge in [-0.15, -0.1) is 11.8 Å². The second-order valence-electron chi connectivity index (χ2n) is 2.50. The van der Waals surface area contributed by atoms with Gasteiger partial charge in [0, 0.05) is 0 Å². The summed E-state index contributed by atoms with van der Waals surface area (Å²) in [5, 5.41) is 6.46. The third kappa shape index (κ3) is 5.79. The molecule has 0 aliphatic heterocycles. The van der Waals surface area contributed by atoms with Gasteiger partial charge in [-0.3, -0.25) is 4.79 Å². The lowest BCUT2D eigenvalue weighted by atomic mass is 10.3. The van der Waals surface area contributed by atoms with Gasteiger partial charge in [0.2, 0.25) is 0 Å². The summed E-state index contributed by atoms with van der Waals surface area (Å²) in [5.74, 6) is -1.08. The number of aliphatic carboxylic acids is 1. The van der Waals surface area contributed by atoms with E-state index >= 15 is 0 Å². The van der Waals surface area contributed by atoms with Gasteiger partial charge in [-0.05, 0) is 12.2 Å². The number of halogens is 3. The van der Waals surface area contributed by atoms with Crippen molar-refractivity contribution in [2.24, 2.45) is 0 Å². The SMILES string of the molecule is CCCSC(CC(=O)O)C(F)(F)F. The van der Waals surface area contributed by atoms with E-state index in [4.69, 9.17) is 5.11 Å². The molecule has 0 bridgehead atoms. The van der Waals surface area contributed by atoms with Gasteiger partial charge in [0.15, 0.2) is 0 Å². The van der Waals surface area contributed by atoms with E-state index in [9.17, 15) is 18.0 Å². The molecule has 0 saturated carbocycles. The number of hydrogen-bond acceptors (Lipinski definition) is 2. The Morgan fingerprint density at radius 2 is 2.08 bits per heavy atom. The van der Waals surface area contributed by atoms with Crippen LogP contribution in [0.3, 0.4) is 0 Å². The fourth-order valence-corrected chi connectivity index (χ4v) is 1.66. The maximum Gasteiger partial charge on any atom is 0.401 e. The fraction of sp³-hybridized carbons (Fsp3) is 0.857. The van der Waals surface area contributed by atoms with Crippen molar-refractivity contribution in [1.29, 1.82) is 0 Å². The van der Waals surface area contributed by atoms with Gasteiger partial charge in [-0.2, -0.15) is 13.2 Å². The van der Waals surface area contributed by atoms with Crippen molar-refractivity contribution < 1.29 is 23.1 Å². The lowest BCUT2D eigenvalue weighted by Gasteiger charge is -2.17. The van der Waals surface area contributed by atoms with Crippen LogP contribution in [-0.2, 0) is 4.79 Å². The summed E-state index contributed by atoms with van der Waals surface area (Å²) in [7, 11) is 0. The summed E-state index contributed by atoms with van der Waals surface area (Å²) >= 11 is 0.651. The molecule has 0 aromatic rings. The van der Waals surface area contributed by atoms with Crippen LogP contribution in [0.15, 0.2) is 0 Å². The molecular weight excluding hydrogens is 205 g/mol. The zero-order chi connectivity index (χ0) is 10.5. The number of carboxylic acids is 1. The van der Waals surface area contributed by atoms with Crippen LogP contribution in [0.25, 0.3) is 0 Å². The molecule has 1 N–H and O–H groups in total. The predicted octanol–water partition coefficient (Wildman–Crippen LogP) is 2.54. The summed E-state index contributed by atoms with van der Waals surface area (Å²) in [4.78, 5) is 10.1. The highest BCUT2D eigenvalue weighted by molar-refractivity contribution is 8.00. The van der Waals surface area contributed by atoms with Crippen LogP contribution in [0.1, 0.15) is 19.8 Å². The first-order chi connectivity index (χ1) is 5.88. The smallest absolute Gasteiger partial charge is 0.401 e. The highest BCUT2D eigenvalue weighted by atomic mass is 32.2. The van der Waals surface area contributed by atoms with Crippen molar-refractivity contribution in [1.82, 2.24) is 0 Å². The Hall–Kier alpha value is -0.390. The molecule has 0 heterocycles. The zero-order valence-corrected chi connectivity index (χ0v) is 7.91. The topological polar surface area (TPSA) is 37.3 Å². The van der Waals surface area contributed by atoms with E-state index < -0.39 is 23.8 Å². The van der Waals surface area contributed by atoms with Crippen molar-refractivity contribution in [2.45, 2.75) is 31.2 Å². The Morgan fingerprint density at radius 1 is 1.54 bits per heavy atom. The summed E-state index contributed by atoms with van der Waals surface area (Å²) in [6.45, 7) is 1.75. The molecule has 0 aliphatic carbocycles. The Kier molecular flexibility index (Phi) is 5.20. The Balaban J connectivity index is 4.11. The summed E-state index contributed by atoms with van der Waals surface area (Å²) in [5.41, 5.74) is 0. The molecule has 0 aliphatic rings. The van der Waals surface area contributed by atoms with Gasteiger partial charge in [0.05, 0.1) is 6.42 Å². The summed E-state index contributed by atoms with van der Waals surface area (Å²) in [6.07, 6.45) is -4.66. The minimum atomic E-state index is -4.42. The van der Waals surface area contributed by atoms with Gasteiger partial charge >= 0.3 is 12.1 Å². The van der Waals surface area contributed by atoms with E-state index in [0.717, 1.165) is 0 Å². The molecule has 78 valence electrons. The molecule has 1 unspecified atom stereocenters. The van der Waals surface area contributed by atoms with Crippen molar-refractivity contribution in [3.8, 4) is 0 Å². The van der Waals surface area contributed by atoms with E-state index in [0.29, 0.717) is 23.9 Å². The van der Waals surface area contributed by atoms with Crippen molar-refractivity contribution in [3.63, 3.8) is 0 Å². The van der Waals surface area contributed by atoms with Crippen LogP contribution >= 0.6 is 11.8 Å². The average molecular weight is 216 g/mol. The normalized spacial score (nSPS) is 14.2. The van der Waals surface area contributed by atoms with Gasteiger partial charge in [-0.25, -0.2) is 0 Å². The molecule has 0 saturated heterocycles. The number of carboxylic acid groups (broad SMARTS) is 1. The molecule has 0 amide bonds. The third-order valence-electron chi connectivity index (χ3n) is 1.25. The number of hydrogen-bond donors (Lipinski definition) is 1. The molecule has 0 spiro atoms. The molecule has 2 nitrogen and oxygen atoms in total. The highest BCUT2D eigenvalue weighted by Gasteiger charge is 2.40. The number of rotatable bonds is 5. The van der Waals surface area contributed by atoms with E-state index in [1.54, 1.807) is 6.92 Å². The minimum Gasteiger partial charge on any atom is -0.481 e. The molecule has 0 radical (unpaired) electrons. The predicted molar refractivity (Wildman–Crippen MR) is 44.8 cm³/mol.